The molecule has 15 heteroatoms. The quantitative estimate of drug-likeness (QED) is 0.0815. The summed E-state index contributed by atoms with van der Waals surface area (Å²) in [6, 6.07) is 13.4. The Hall–Kier alpha value is -5.60. The van der Waals surface area contributed by atoms with Gasteiger partial charge in [0.2, 0.25) is 0 Å². The van der Waals surface area contributed by atoms with Gasteiger partial charge in [-0.25, -0.2) is 23.4 Å². The molecule has 13 nitrogen and oxygen atoms in total. The number of rotatable bonds is 12. The van der Waals surface area contributed by atoms with E-state index >= 15 is 0 Å². The predicted molar refractivity (Wildman–Crippen MR) is 186 cm³/mol. The van der Waals surface area contributed by atoms with Crippen molar-refractivity contribution in [2.75, 3.05) is 13.1 Å². The van der Waals surface area contributed by atoms with E-state index in [0.717, 1.165) is 18.2 Å². The summed E-state index contributed by atoms with van der Waals surface area (Å²) in [4.78, 5) is 53.9. The van der Waals surface area contributed by atoms with E-state index in [4.69, 9.17) is 9.47 Å². The zero-order valence-corrected chi connectivity index (χ0v) is 29.3. The summed E-state index contributed by atoms with van der Waals surface area (Å²) in [6.45, 7) is 10.3. The van der Waals surface area contributed by atoms with Gasteiger partial charge in [0.25, 0.3) is 11.6 Å². The predicted octanol–water partition coefficient (Wildman–Crippen LogP) is 6.87. The van der Waals surface area contributed by atoms with Gasteiger partial charge in [0, 0.05) is 36.8 Å². The fourth-order valence-electron chi connectivity index (χ4n) is 5.10. The maximum absolute atomic E-state index is 15.0. The number of aromatic nitrogens is 2. The van der Waals surface area contributed by atoms with Gasteiger partial charge in [-0.1, -0.05) is 18.2 Å². The van der Waals surface area contributed by atoms with Crippen molar-refractivity contribution < 1.29 is 37.6 Å². The third-order valence-corrected chi connectivity index (χ3v) is 7.32. The monoisotopic (exact) mass is 708 g/mol. The Labute approximate surface area is 293 Å². The van der Waals surface area contributed by atoms with Gasteiger partial charge in [-0.3, -0.25) is 14.9 Å². The lowest BCUT2D eigenvalue weighted by Gasteiger charge is -2.24. The van der Waals surface area contributed by atoms with Crippen LogP contribution in [0.15, 0.2) is 60.7 Å². The van der Waals surface area contributed by atoms with E-state index in [0.29, 0.717) is 35.0 Å². The molecule has 1 aromatic heterocycles. The minimum atomic E-state index is -0.782. The first-order chi connectivity index (χ1) is 23.9. The molecule has 4 aromatic rings. The van der Waals surface area contributed by atoms with Gasteiger partial charge in [0.05, 0.1) is 22.5 Å². The lowest BCUT2D eigenvalue weighted by molar-refractivity contribution is -0.385. The molecule has 0 saturated heterocycles. The van der Waals surface area contributed by atoms with Crippen molar-refractivity contribution in [1.29, 1.82) is 0 Å². The summed E-state index contributed by atoms with van der Waals surface area (Å²) in [5.41, 5.74) is 0.367. The number of benzene rings is 3. The molecule has 0 aliphatic heterocycles. The number of non-ortho nitro benzene ring substituents is 1. The van der Waals surface area contributed by atoms with Gasteiger partial charge in [-0.2, -0.15) is 0 Å². The molecule has 1 heterocycles. The van der Waals surface area contributed by atoms with Crippen LogP contribution in [0.3, 0.4) is 0 Å². The zero-order valence-electron chi connectivity index (χ0n) is 29.3. The summed E-state index contributed by atoms with van der Waals surface area (Å²) in [6.07, 6.45) is -0.560. The summed E-state index contributed by atoms with van der Waals surface area (Å²) < 4.78 is 40.7. The van der Waals surface area contributed by atoms with E-state index < -0.39 is 51.9 Å². The van der Waals surface area contributed by atoms with E-state index in [1.165, 1.54) is 16.7 Å². The van der Waals surface area contributed by atoms with Crippen molar-refractivity contribution in [1.82, 2.24) is 25.5 Å². The van der Waals surface area contributed by atoms with Crippen molar-refractivity contribution in [2.24, 2.45) is 0 Å². The standard InChI is InChI=1S/C36H42F2N6O7/c1-35(2,3)50-33(46)39-17-7-8-26(41-34(47)51-36(4,5)6)20-40-32(45)31-42-29-19-23(22-9-12-25(37)13-10-22)11-16-30(29)43(31)21-24-18-27(44(48)49)14-15-28(24)38/h9-16,18-19,26H,7-8,17,20-21H2,1-6H3,(H,39,46)(H,40,45)(H,41,47)/t26-/m0/s1. The van der Waals surface area contributed by atoms with Gasteiger partial charge in [-0.15, -0.1) is 0 Å². The number of hydrogen-bond donors (Lipinski definition) is 3. The normalized spacial score (nSPS) is 12.2. The first kappa shape index (κ1) is 38.2. The van der Waals surface area contributed by atoms with Crippen LogP contribution in [0.4, 0.5) is 24.1 Å². The number of halogens is 2. The average Bonchev–Trinajstić information content (AvgIpc) is 3.38. The average molecular weight is 709 g/mol. The Kier molecular flexibility index (Phi) is 12.0. The van der Waals surface area contributed by atoms with Crippen molar-refractivity contribution >= 4 is 34.8 Å². The Balaban J connectivity index is 1.61. The topological polar surface area (TPSA) is 167 Å². The number of nitrogens with zero attached hydrogens (tertiary/aromatic N) is 3. The van der Waals surface area contributed by atoms with Crippen molar-refractivity contribution in [3.8, 4) is 11.1 Å². The fourth-order valence-corrected chi connectivity index (χ4v) is 5.10. The summed E-state index contributed by atoms with van der Waals surface area (Å²) in [7, 11) is 0. The number of alkyl carbamates (subject to hydrolysis) is 2. The molecule has 3 aromatic carbocycles. The van der Waals surface area contributed by atoms with Crippen LogP contribution in [-0.2, 0) is 16.0 Å². The third kappa shape index (κ3) is 11.2. The molecule has 272 valence electrons. The highest BCUT2D eigenvalue weighted by atomic mass is 19.1. The van der Waals surface area contributed by atoms with Crippen molar-refractivity contribution in [2.45, 2.75) is 78.2 Å². The molecule has 0 unspecified atom stereocenters. The minimum Gasteiger partial charge on any atom is -0.444 e. The summed E-state index contributed by atoms with van der Waals surface area (Å²) in [5.74, 6) is -1.89. The lowest BCUT2D eigenvalue weighted by atomic mass is 10.1. The summed E-state index contributed by atoms with van der Waals surface area (Å²) >= 11 is 0. The first-order valence-corrected chi connectivity index (χ1v) is 16.3. The maximum Gasteiger partial charge on any atom is 0.407 e. The van der Waals surface area contributed by atoms with Gasteiger partial charge in [-0.05, 0) is 95.8 Å². The Bertz CT molecular complexity index is 1900. The molecule has 4 rings (SSSR count). The number of nitro groups is 1. The second-order valence-corrected chi connectivity index (χ2v) is 13.9. The molecule has 3 amide bonds. The van der Waals surface area contributed by atoms with Crippen LogP contribution in [-0.4, -0.2) is 62.9 Å². The number of carbonyl (C=O) groups excluding carboxylic acids is 3. The van der Waals surface area contributed by atoms with E-state index in [9.17, 15) is 33.3 Å². The number of amides is 3. The van der Waals surface area contributed by atoms with E-state index in [-0.39, 0.29) is 36.7 Å². The Morgan fingerprint density at radius 1 is 0.882 bits per heavy atom. The molecular formula is C36H42F2N6O7. The van der Waals surface area contributed by atoms with Crippen LogP contribution in [0, 0.1) is 21.7 Å². The molecule has 0 saturated carbocycles. The number of hydrogen-bond acceptors (Lipinski definition) is 8. The van der Waals surface area contributed by atoms with Crippen LogP contribution < -0.4 is 16.0 Å². The molecule has 0 radical (unpaired) electrons. The number of fused-ring (bicyclic) bond motifs is 1. The van der Waals surface area contributed by atoms with Crippen LogP contribution in [0.2, 0.25) is 0 Å². The molecule has 0 aliphatic carbocycles. The highest BCUT2D eigenvalue weighted by Gasteiger charge is 2.24. The zero-order chi connectivity index (χ0) is 37.5. The van der Waals surface area contributed by atoms with Gasteiger partial charge < -0.3 is 30.0 Å². The summed E-state index contributed by atoms with van der Waals surface area (Å²) in [5, 5.41) is 19.6. The number of imidazole rings is 1. The molecule has 0 bridgehead atoms. The maximum atomic E-state index is 15.0. The molecule has 0 aliphatic rings. The largest absolute Gasteiger partial charge is 0.444 e. The Morgan fingerprint density at radius 3 is 2.18 bits per heavy atom. The smallest absolute Gasteiger partial charge is 0.407 e. The van der Waals surface area contributed by atoms with Crippen molar-refractivity contribution in [3.63, 3.8) is 0 Å². The molecule has 0 fully saturated rings. The number of nitro benzene ring substituents is 1. The second-order valence-electron chi connectivity index (χ2n) is 13.9. The van der Waals surface area contributed by atoms with E-state index in [2.05, 4.69) is 20.9 Å². The molecule has 3 N–H and O–H groups in total. The van der Waals surface area contributed by atoms with E-state index in [1.54, 1.807) is 71.9 Å². The number of nitrogens with one attached hydrogen (secondary N) is 3. The lowest BCUT2D eigenvalue weighted by Crippen LogP contribution is -2.46. The number of ether oxygens (including phenoxy) is 2. The Morgan fingerprint density at radius 2 is 1.53 bits per heavy atom. The minimum absolute atomic E-state index is 0.0397. The van der Waals surface area contributed by atoms with Crippen molar-refractivity contribution in [3.05, 3.63) is 93.8 Å². The third-order valence-electron chi connectivity index (χ3n) is 7.32. The van der Waals surface area contributed by atoms with Crippen LogP contribution in [0.25, 0.3) is 22.2 Å². The van der Waals surface area contributed by atoms with E-state index in [1.807, 2.05) is 0 Å². The van der Waals surface area contributed by atoms with Crippen LogP contribution in [0.1, 0.15) is 70.6 Å². The highest BCUT2D eigenvalue weighted by molar-refractivity contribution is 5.96. The van der Waals surface area contributed by atoms with Gasteiger partial charge in [0.15, 0.2) is 5.82 Å². The van der Waals surface area contributed by atoms with Gasteiger partial charge in [0.1, 0.15) is 22.8 Å². The molecule has 0 spiro atoms. The van der Waals surface area contributed by atoms with Crippen LogP contribution in [0.5, 0.6) is 0 Å². The van der Waals surface area contributed by atoms with Gasteiger partial charge >= 0.3 is 12.2 Å². The SMILES string of the molecule is CC(C)(C)OC(=O)NCCC[C@@H](CNC(=O)c1nc2cc(-c3ccc(F)cc3)ccc2n1Cc1cc([N+](=O)[O-])ccc1F)NC(=O)OC(C)(C)C. The molecule has 1 atom stereocenters. The first-order valence-electron chi connectivity index (χ1n) is 16.3. The van der Waals surface area contributed by atoms with Crippen LogP contribution >= 0.6 is 0 Å². The highest BCUT2D eigenvalue weighted by Crippen LogP contribution is 2.27. The molecular weight excluding hydrogens is 666 g/mol. The number of carbonyl (C=O) groups is 3. The second kappa shape index (κ2) is 16.0. The fraction of sp³-hybridized carbons (Fsp3) is 0.389. The molecule has 51 heavy (non-hydrogen) atoms.